The highest BCUT2D eigenvalue weighted by Gasteiger charge is 2.06. The molecule has 0 unspecified atom stereocenters. The molecule has 0 amide bonds. The van der Waals surface area contributed by atoms with Crippen LogP contribution < -0.4 is 4.74 Å². The summed E-state index contributed by atoms with van der Waals surface area (Å²) in [6, 6.07) is 3.45. The molecule has 2 heterocycles. The van der Waals surface area contributed by atoms with Gasteiger partial charge in [-0.15, -0.1) is 21.5 Å². The molecule has 0 aliphatic carbocycles. The molecule has 0 aliphatic rings. The zero-order chi connectivity index (χ0) is 10.7. The number of carbonyl (C=O) groups excluding carboxylic acids is 1. The molecule has 2 rings (SSSR count). The predicted molar refractivity (Wildman–Crippen MR) is 55.1 cm³/mol. The molecule has 2 aromatic heterocycles. The summed E-state index contributed by atoms with van der Waals surface area (Å²) in [7, 11) is 1.53. The van der Waals surface area contributed by atoms with Gasteiger partial charge in [0, 0.05) is 11.4 Å². The van der Waals surface area contributed by atoms with Crippen LogP contribution in [0, 0.1) is 0 Å². The van der Waals surface area contributed by atoms with E-state index in [9.17, 15) is 4.79 Å². The van der Waals surface area contributed by atoms with E-state index in [1.165, 1.54) is 18.4 Å². The van der Waals surface area contributed by atoms with E-state index >= 15 is 0 Å². The average Bonchev–Trinajstić information content (AvgIpc) is 2.78. The Morgan fingerprint density at radius 2 is 2.27 bits per heavy atom. The van der Waals surface area contributed by atoms with Gasteiger partial charge in [-0.1, -0.05) is 0 Å². The van der Waals surface area contributed by atoms with Crippen molar-refractivity contribution in [3.63, 3.8) is 0 Å². The number of rotatable bonds is 3. The van der Waals surface area contributed by atoms with Gasteiger partial charge in [0.05, 0.1) is 7.11 Å². The fourth-order valence-electron chi connectivity index (χ4n) is 1.00. The molecule has 0 spiro atoms. The Balaban J connectivity index is 2.32. The lowest BCUT2D eigenvalue weighted by Gasteiger charge is -1.97. The first kappa shape index (κ1) is 9.72. The largest absolute Gasteiger partial charge is 0.480 e. The minimum atomic E-state index is 0.410. The van der Waals surface area contributed by atoms with E-state index in [1.807, 2.05) is 0 Å². The van der Waals surface area contributed by atoms with Gasteiger partial charge < -0.3 is 4.74 Å². The van der Waals surface area contributed by atoms with Crippen LogP contribution in [0.5, 0.6) is 5.88 Å². The number of thiazole rings is 1. The zero-order valence-electron chi connectivity index (χ0n) is 7.88. The number of ether oxygens (including phenoxy) is 1. The summed E-state index contributed by atoms with van der Waals surface area (Å²) >= 11 is 1.36. The highest BCUT2D eigenvalue weighted by Crippen LogP contribution is 2.21. The number of hydrogen-bond acceptors (Lipinski definition) is 6. The second-order valence-corrected chi connectivity index (χ2v) is 3.51. The smallest absolute Gasteiger partial charge is 0.233 e. The van der Waals surface area contributed by atoms with E-state index in [2.05, 4.69) is 15.2 Å². The van der Waals surface area contributed by atoms with E-state index < -0.39 is 0 Å². The molecule has 76 valence electrons. The Bertz CT molecular complexity index is 466. The fourth-order valence-corrected chi connectivity index (χ4v) is 1.73. The lowest BCUT2D eigenvalue weighted by Crippen LogP contribution is -1.91. The Morgan fingerprint density at radius 1 is 1.40 bits per heavy atom. The summed E-state index contributed by atoms with van der Waals surface area (Å²) in [4.78, 5) is 14.5. The molecule has 0 saturated heterocycles. The van der Waals surface area contributed by atoms with Crippen molar-refractivity contribution >= 4 is 17.6 Å². The van der Waals surface area contributed by atoms with Crippen LogP contribution in [0.15, 0.2) is 17.5 Å². The molecule has 0 bridgehead atoms. The lowest BCUT2D eigenvalue weighted by atomic mass is 10.4. The first-order valence-corrected chi connectivity index (χ1v) is 5.00. The summed E-state index contributed by atoms with van der Waals surface area (Å²) < 4.78 is 4.88. The van der Waals surface area contributed by atoms with E-state index in [-0.39, 0.29) is 0 Å². The van der Waals surface area contributed by atoms with Crippen molar-refractivity contribution in [1.29, 1.82) is 0 Å². The van der Waals surface area contributed by atoms with Crippen molar-refractivity contribution in [2.24, 2.45) is 0 Å². The highest BCUT2D eigenvalue weighted by atomic mass is 32.1. The standard InChI is InChI=1S/C9H7N3O2S/c1-14-8-3-2-7(11-12-8)9-10-6(4-13)5-15-9/h2-5H,1H3. The summed E-state index contributed by atoms with van der Waals surface area (Å²) in [6.45, 7) is 0. The maximum absolute atomic E-state index is 10.4. The molecule has 15 heavy (non-hydrogen) atoms. The predicted octanol–water partition coefficient (Wildman–Crippen LogP) is 1.42. The van der Waals surface area contributed by atoms with E-state index in [4.69, 9.17) is 4.74 Å². The minimum absolute atomic E-state index is 0.410. The second kappa shape index (κ2) is 4.14. The Hall–Kier alpha value is -1.82. The summed E-state index contributed by atoms with van der Waals surface area (Å²) in [5.74, 6) is 0.450. The average molecular weight is 221 g/mol. The van der Waals surface area contributed by atoms with Crippen molar-refractivity contribution in [1.82, 2.24) is 15.2 Å². The third-order valence-corrected chi connectivity index (χ3v) is 2.59. The Morgan fingerprint density at radius 3 is 2.80 bits per heavy atom. The Labute approximate surface area is 89.8 Å². The van der Waals surface area contributed by atoms with E-state index in [0.717, 1.165) is 0 Å². The van der Waals surface area contributed by atoms with Crippen molar-refractivity contribution < 1.29 is 9.53 Å². The number of carbonyl (C=O) groups is 1. The van der Waals surface area contributed by atoms with Crippen molar-refractivity contribution in [2.45, 2.75) is 0 Å². The van der Waals surface area contributed by atoms with Gasteiger partial charge in [0.1, 0.15) is 16.4 Å². The number of methoxy groups -OCH3 is 1. The van der Waals surface area contributed by atoms with Crippen LogP contribution in [0.3, 0.4) is 0 Å². The maximum Gasteiger partial charge on any atom is 0.233 e. The second-order valence-electron chi connectivity index (χ2n) is 2.66. The van der Waals surface area contributed by atoms with Crippen LogP contribution >= 0.6 is 11.3 Å². The molecule has 0 aliphatic heterocycles. The molecular weight excluding hydrogens is 214 g/mol. The lowest BCUT2D eigenvalue weighted by molar-refractivity contribution is 0.111. The van der Waals surface area contributed by atoms with Gasteiger partial charge in [0.15, 0.2) is 6.29 Å². The van der Waals surface area contributed by atoms with Crippen molar-refractivity contribution in [3.05, 3.63) is 23.2 Å². The topological polar surface area (TPSA) is 65.0 Å². The summed E-state index contributed by atoms with van der Waals surface area (Å²) in [5.41, 5.74) is 1.04. The molecule has 2 aromatic rings. The number of nitrogens with zero attached hydrogens (tertiary/aromatic N) is 3. The van der Waals surface area contributed by atoms with Gasteiger partial charge in [0.2, 0.25) is 5.88 Å². The molecule has 0 radical (unpaired) electrons. The first-order valence-electron chi connectivity index (χ1n) is 4.12. The van der Waals surface area contributed by atoms with Gasteiger partial charge in [-0.2, -0.15) is 0 Å². The zero-order valence-corrected chi connectivity index (χ0v) is 8.69. The maximum atomic E-state index is 10.4. The van der Waals surface area contributed by atoms with Gasteiger partial charge in [0.25, 0.3) is 0 Å². The molecule has 5 nitrogen and oxygen atoms in total. The van der Waals surface area contributed by atoms with Crippen LogP contribution in [0.4, 0.5) is 0 Å². The molecule has 6 heteroatoms. The quantitative estimate of drug-likeness (QED) is 0.733. The number of aromatic nitrogens is 3. The molecule has 0 saturated carbocycles. The SMILES string of the molecule is COc1ccc(-c2nc(C=O)cs2)nn1. The first-order chi connectivity index (χ1) is 7.33. The van der Waals surface area contributed by atoms with Gasteiger partial charge in [-0.3, -0.25) is 4.79 Å². The fraction of sp³-hybridized carbons (Fsp3) is 0.111. The summed E-state index contributed by atoms with van der Waals surface area (Å²) in [5, 5.41) is 10.1. The monoisotopic (exact) mass is 221 g/mol. The van der Waals surface area contributed by atoms with Gasteiger partial charge in [-0.25, -0.2) is 4.98 Å². The van der Waals surface area contributed by atoms with E-state index in [1.54, 1.807) is 17.5 Å². The number of aldehydes is 1. The van der Waals surface area contributed by atoms with Crippen molar-refractivity contribution in [2.75, 3.05) is 7.11 Å². The van der Waals surface area contributed by atoms with Gasteiger partial charge >= 0.3 is 0 Å². The highest BCUT2D eigenvalue weighted by molar-refractivity contribution is 7.13. The molecule has 0 N–H and O–H groups in total. The van der Waals surface area contributed by atoms with E-state index in [0.29, 0.717) is 28.6 Å². The minimum Gasteiger partial charge on any atom is -0.480 e. The van der Waals surface area contributed by atoms with Crippen LogP contribution in [-0.2, 0) is 0 Å². The van der Waals surface area contributed by atoms with Crippen LogP contribution in [0.2, 0.25) is 0 Å². The number of hydrogen-bond donors (Lipinski definition) is 0. The third-order valence-electron chi connectivity index (χ3n) is 1.71. The van der Waals surface area contributed by atoms with Crippen LogP contribution in [-0.4, -0.2) is 28.6 Å². The van der Waals surface area contributed by atoms with Crippen LogP contribution in [0.25, 0.3) is 10.7 Å². The van der Waals surface area contributed by atoms with Crippen molar-refractivity contribution in [3.8, 4) is 16.6 Å². The normalized spacial score (nSPS) is 9.93. The van der Waals surface area contributed by atoms with Crippen LogP contribution in [0.1, 0.15) is 10.5 Å². The summed E-state index contributed by atoms with van der Waals surface area (Å²) in [6.07, 6.45) is 0.705. The molecule has 0 atom stereocenters. The molecule has 0 aromatic carbocycles. The van der Waals surface area contributed by atoms with Gasteiger partial charge in [-0.05, 0) is 6.07 Å². The third kappa shape index (κ3) is 1.99. The molecule has 0 fully saturated rings. The molecular formula is C9H7N3O2S. The Kier molecular flexibility index (Phi) is 2.68.